The molecule has 0 saturated heterocycles. The number of ether oxygens (including phenoxy) is 1. The molecule has 21 heavy (non-hydrogen) atoms. The first-order valence-corrected chi connectivity index (χ1v) is 5.59. The number of esters is 1. The van der Waals surface area contributed by atoms with Crippen LogP contribution in [0.4, 0.5) is 11.4 Å². The monoisotopic (exact) mass is 297 g/mol. The van der Waals surface area contributed by atoms with Crippen LogP contribution in [0.25, 0.3) is 0 Å². The van der Waals surface area contributed by atoms with Gasteiger partial charge < -0.3 is 10.1 Å². The summed E-state index contributed by atoms with van der Waals surface area (Å²) in [5.74, 6) is -1.48. The van der Waals surface area contributed by atoms with E-state index in [0.717, 1.165) is 25.3 Å². The van der Waals surface area contributed by atoms with Gasteiger partial charge in [0.2, 0.25) is 0 Å². The second-order valence-corrected chi connectivity index (χ2v) is 3.94. The summed E-state index contributed by atoms with van der Waals surface area (Å²) in [6, 6.07) is 1.73. The molecule has 0 heterocycles. The molecule has 0 aliphatic carbocycles. The van der Waals surface area contributed by atoms with Crippen molar-refractivity contribution in [1.29, 1.82) is 0 Å². The number of nitrogens with one attached hydrogen (secondary N) is 1. The van der Waals surface area contributed by atoms with E-state index in [-0.39, 0.29) is 5.56 Å². The van der Waals surface area contributed by atoms with Crippen molar-refractivity contribution in [1.82, 2.24) is 5.32 Å². The van der Waals surface area contributed by atoms with Crippen LogP contribution in [0.1, 0.15) is 17.3 Å². The molecule has 0 fully saturated rings. The Hall–Kier alpha value is -3.04. The lowest BCUT2D eigenvalue weighted by molar-refractivity contribution is -0.422. The van der Waals surface area contributed by atoms with Gasteiger partial charge in [-0.3, -0.25) is 25.0 Å². The highest BCUT2D eigenvalue weighted by molar-refractivity contribution is 5.97. The molecule has 1 rings (SSSR count). The number of benzene rings is 1. The average molecular weight is 297 g/mol. The molecular weight excluding hydrogens is 286 g/mol. The van der Waals surface area contributed by atoms with E-state index >= 15 is 0 Å². The molecular formula is C11H11N3O7. The van der Waals surface area contributed by atoms with Crippen molar-refractivity contribution in [2.24, 2.45) is 0 Å². The van der Waals surface area contributed by atoms with E-state index in [1.807, 2.05) is 0 Å². The van der Waals surface area contributed by atoms with Gasteiger partial charge in [-0.2, -0.15) is 0 Å². The molecule has 10 nitrogen and oxygen atoms in total. The molecule has 112 valence electrons. The van der Waals surface area contributed by atoms with Crippen molar-refractivity contribution >= 4 is 23.3 Å². The van der Waals surface area contributed by atoms with Gasteiger partial charge in [-0.1, -0.05) is 0 Å². The Morgan fingerprint density at radius 1 is 1.19 bits per heavy atom. The van der Waals surface area contributed by atoms with Gasteiger partial charge in [0.25, 0.3) is 5.91 Å². The van der Waals surface area contributed by atoms with Gasteiger partial charge in [-0.05, 0) is 13.0 Å². The Balaban J connectivity index is 3.07. The average Bonchev–Trinajstić information content (AvgIpc) is 2.45. The Kier molecular flexibility index (Phi) is 4.89. The zero-order valence-electron chi connectivity index (χ0n) is 11.1. The topological polar surface area (TPSA) is 142 Å². The molecule has 0 bridgehead atoms. The predicted molar refractivity (Wildman–Crippen MR) is 68.7 cm³/mol. The van der Waals surface area contributed by atoms with Crippen LogP contribution in [0.3, 0.4) is 0 Å². The zero-order valence-corrected chi connectivity index (χ0v) is 11.1. The second-order valence-electron chi connectivity index (χ2n) is 3.94. The SMILES string of the molecule is COC(=O)[C@@H](C)NC(=O)c1ccc([N+](=O)[O-])c([N+](=O)[O-])c1. The van der Waals surface area contributed by atoms with Gasteiger partial charge in [-0.15, -0.1) is 0 Å². The van der Waals surface area contributed by atoms with Crippen LogP contribution in [0.2, 0.25) is 0 Å². The smallest absolute Gasteiger partial charge is 0.346 e. The number of rotatable bonds is 5. The van der Waals surface area contributed by atoms with E-state index in [4.69, 9.17) is 0 Å². The number of amides is 1. The van der Waals surface area contributed by atoms with Gasteiger partial charge in [0, 0.05) is 17.7 Å². The summed E-state index contributed by atoms with van der Waals surface area (Å²) in [4.78, 5) is 42.5. The number of methoxy groups -OCH3 is 1. The Bertz CT molecular complexity index is 614. The Labute approximate surface area is 118 Å². The van der Waals surface area contributed by atoms with Crippen molar-refractivity contribution in [3.63, 3.8) is 0 Å². The van der Waals surface area contributed by atoms with Gasteiger partial charge >= 0.3 is 17.3 Å². The number of hydrogen-bond acceptors (Lipinski definition) is 7. The molecule has 0 aliphatic rings. The summed E-state index contributed by atoms with van der Waals surface area (Å²) in [5.41, 5.74) is -1.71. The lowest BCUT2D eigenvalue weighted by Crippen LogP contribution is -2.39. The van der Waals surface area contributed by atoms with Gasteiger partial charge in [-0.25, -0.2) is 4.79 Å². The summed E-state index contributed by atoms with van der Waals surface area (Å²) < 4.78 is 4.41. The fourth-order valence-electron chi connectivity index (χ4n) is 1.48. The van der Waals surface area contributed by atoms with Crippen LogP contribution in [0.5, 0.6) is 0 Å². The normalized spacial score (nSPS) is 11.3. The van der Waals surface area contributed by atoms with Crippen LogP contribution >= 0.6 is 0 Å². The van der Waals surface area contributed by atoms with Gasteiger partial charge in [0.15, 0.2) is 0 Å². The zero-order chi connectivity index (χ0) is 16.2. The van der Waals surface area contributed by atoms with Crippen LogP contribution in [-0.4, -0.2) is 34.9 Å². The predicted octanol–water partition coefficient (Wildman–Crippen LogP) is 0.794. The van der Waals surface area contributed by atoms with Gasteiger partial charge in [0.05, 0.1) is 17.0 Å². The van der Waals surface area contributed by atoms with Crippen molar-refractivity contribution in [3.8, 4) is 0 Å². The second kappa shape index (κ2) is 6.41. The fraction of sp³-hybridized carbons (Fsp3) is 0.273. The lowest BCUT2D eigenvalue weighted by atomic mass is 10.1. The quantitative estimate of drug-likeness (QED) is 0.481. The molecule has 0 spiro atoms. The molecule has 0 radical (unpaired) electrons. The molecule has 0 aromatic heterocycles. The Morgan fingerprint density at radius 3 is 2.24 bits per heavy atom. The number of hydrogen-bond donors (Lipinski definition) is 1. The van der Waals surface area contributed by atoms with Crippen molar-refractivity contribution in [3.05, 3.63) is 44.0 Å². The highest BCUT2D eigenvalue weighted by Crippen LogP contribution is 2.27. The maximum atomic E-state index is 11.8. The van der Waals surface area contributed by atoms with Crippen molar-refractivity contribution < 1.29 is 24.2 Å². The van der Waals surface area contributed by atoms with E-state index in [2.05, 4.69) is 10.1 Å². The molecule has 0 saturated carbocycles. The van der Waals surface area contributed by atoms with Crippen molar-refractivity contribution in [2.75, 3.05) is 7.11 Å². The van der Waals surface area contributed by atoms with E-state index in [0.29, 0.717) is 0 Å². The van der Waals surface area contributed by atoms with Crippen LogP contribution in [-0.2, 0) is 9.53 Å². The summed E-state index contributed by atoms with van der Waals surface area (Å²) in [6.07, 6.45) is 0. The third-order valence-corrected chi connectivity index (χ3v) is 2.53. The molecule has 1 N–H and O–H groups in total. The summed E-state index contributed by atoms with van der Waals surface area (Å²) in [6.45, 7) is 1.36. The first-order valence-electron chi connectivity index (χ1n) is 5.59. The largest absolute Gasteiger partial charge is 0.467 e. The number of nitro benzene ring substituents is 2. The molecule has 0 aliphatic heterocycles. The van der Waals surface area contributed by atoms with E-state index in [9.17, 15) is 29.8 Å². The molecule has 10 heteroatoms. The van der Waals surface area contributed by atoms with E-state index in [1.54, 1.807) is 0 Å². The highest BCUT2D eigenvalue weighted by atomic mass is 16.6. The number of carbonyl (C=O) groups excluding carboxylic acids is 2. The minimum Gasteiger partial charge on any atom is -0.467 e. The fourth-order valence-corrected chi connectivity index (χ4v) is 1.48. The first-order chi connectivity index (χ1) is 9.77. The third-order valence-electron chi connectivity index (χ3n) is 2.53. The minimum absolute atomic E-state index is 0.178. The molecule has 1 atom stereocenters. The summed E-state index contributed by atoms with van der Waals surface area (Å²) in [7, 11) is 1.14. The molecule has 1 amide bonds. The number of nitro groups is 2. The van der Waals surface area contributed by atoms with Crippen LogP contribution in [0, 0.1) is 20.2 Å². The highest BCUT2D eigenvalue weighted by Gasteiger charge is 2.26. The standard InChI is InChI=1S/C11H11N3O7/c1-6(11(16)21-2)12-10(15)7-3-4-8(13(17)18)9(5-7)14(19)20/h3-6H,1-2H3,(H,12,15)/t6-/m1/s1. The maximum absolute atomic E-state index is 11.8. The van der Waals surface area contributed by atoms with Crippen LogP contribution < -0.4 is 5.32 Å². The minimum atomic E-state index is -0.961. The first kappa shape index (κ1) is 16.0. The van der Waals surface area contributed by atoms with Crippen LogP contribution in [0.15, 0.2) is 18.2 Å². The Morgan fingerprint density at radius 2 is 1.76 bits per heavy atom. The lowest BCUT2D eigenvalue weighted by Gasteiger charge is -2.11. The maximum Gasteiger partial charge on any atom is 0.346 e. The van der Waals surface area contributed by atoms with E-state index in [1.165, 1.54) is 6.92 Å². The third kappa shape index (κ3) is 3.72. The van der Waals surface area contributed by atoms with Crippen molar-refractivity contribution in [2.45, 2.75) is 13.0 Å². The molecule has 0 unspecified atom stereocenters. The summed E-state index contributed by atoms with van der Waals surface area (Å²) in [5, 5.41) is 23.7. The van der Waals surface area contributed by atoms with E-state index < -0.39 is 39.1 Å². The van der Waals surface area contributed by atoms with Gasteiger partial charge in [0.1, 0.15) is 6.04 Å². The summed E-state index contributed by atoms with van der Waals surface area (Å²) >= 11 is 0. The molecule has 1 aromatic rings. The number of nitrogens with zero attached hydrogens (tertiary/aromatic N) is 2. The number of carbonyl (C=O) groups is 2. The molecule has 1 aromatic carbocycles.